The van der Waals surface area contributed by atoms with E-state index in [-0.39, 0.29) is 18.9 Å². The Hall–Kier alpha value is -2.17. The molecule has 0 bridgehead atoms. The Kier molecular flexibility index (Phi) is 2.59. The van der Waals surface area contributed by atoms with Gasteiger partial charge in [0, 0.05) is 0 Å². The second-order valence-corrected chi connectivity index (χ2v) is 4.05. The molecule has 0 saturated heterocycles. The van der Waals surface area contributed by atoms with Gasteiger partial charge in [-0.15, -0.1) is 0 Å². The highest BCUT2D eigenvalue weighted by Crippen LogP contribution is 2.39. The molecule has 5 heteroatoms. The number of benzene rings is 1. The molecule has 94 valence electrons. The molecule has 1 aromatic rings. The van der Waals surface area contributed by atoms with Gasteiger partial charge in [0.15, 0.2) is 11.5 Å². The number of rotatable bonds is 2. The molecular weight excluding hydrogens is 236 g/mol. The smallest absolute Gasteiger partial charge is 0.316 e. The Labute approximate surface area is 104 Å². The van der Waals surface area contributed by atoms with Crippen molar-refractivity contribution in [3.63, 3.8) is 0 Å². The molecule has 1 aromatic carbocycles. The van der Waals surface area contributed by atoms with Gasteiger partial charge in [-0.25, -0.2) is 0 Å². The molecular formula is C13H12O5. The van der Waals surface area contributed by atoms with Crippen molar-refractivity contribution < 1.29 is 23.7 Å². The highest BCUT2D eigenvalue weighted by atomic mass is 16.7. The Bertz CT molecular complexity index is 508. The molecule has 0 aliphatic carbocycles. The fourth-order valence-corrected chi connectivity index (χ4v) is 2.11. The number of fused-ring (bicyclic) bond motifs is 1. The zero-order chi connectivity index (χ0) is 12.5. The van der Waals surface area contributed by atoms with Crippen molar-refractivity contribution in [2.45, 2.75) is 6.10 Å². The molecule has 2 aliphatic heterocycles. The van der Waals surface area contributed by atoms with E-state index in [0.29, 0.717) is 11.5 Å². The third-order valence-electron chi connectivity index (χ3n) is 3.04. The van der Waals surface area contributed by atoms with Crippen molar-refractivity contribution >= 4 is 5.97 Å². The molecule has 0 unspecified atom stereocenters. The Morgan fingerprint density at radius 1 is 1.33 bits per heavy atom. The lowest BCUT2D eigenvalue weighted by molar-refractivity contribution is -0.146. The average Bonchev–Trinajstić information content (AvgIpc) is 3.05. The topological polar surface area (TPSA) is 54.0 Å². The first-order valence-corrected chi connectivity index (χ1v) is 5.59. The summed E-state index contributed by atoms with van der Waals surface area (Å²) in [7, 11) is 1.37. The Morgan fingerprint density at radius 2 is 2.17 bits per heavy atom. The molecule has 0 saturated carbocycles. The molecule has 2 atom stereocenters. The summed E-state index contributed by atoms with van der Waals surface area (Å²) in [5, 5.41) is 0. The van der Waals surface area contributed by atoms with E-state index >= 15 is 0 Å². The van der Waals surface area contributed by atoms with Crippen molar-refractivity contribution in [3.8, 4) is 11.5 Å². The zero-order valence-electron chi connectivity index (χ0n) is 9.79. The van der Waals surface area contributed by atoms with E-state index in [9.17, 15) is 4.79 Å². The van der Waals surface area contributed by atoms with Crippen molar-refractivity contribution in [1.82, 2.24) is 0 Å². The van der Waals surface area contributed by atoms with Crippen LogP contribution in [-0.2, 0) is 14.3 Å². The molecule has 0 spiro atoms. The van der Waals surface area contributed by atoms with E-state index in [1.807, 2.05) is 18.2 Å². The van der Waals surface area contributed by atoms with Crippen LogP contribution in [0.2, 0.25) is 0 Å². The standard InChI is InChI=1S/C13H12O5/c1-15-13(14)9-4-5-16-12(9)8-2-3-10-11(6-8)18-7-17-10/h2-6,9,12H,7H2,1H3/t9-,12-/m0/s1. The zero-order valence-corrected chi connectivity index (χ0v) is 9.79. The van der Waals surface area contributed by atoms with Crippen LogP contribution in [0.3, 0.4) is 0 Å². The van der Waals surface area contributed by atoms with Crippen LogP contribution in [0.4, 0.5) is 0 Å². The number of methoxy groups -OCH3 is 1. The molecule has 2 heterocycles. The predicted molar refractivity (Wildman–Crippen MR) is 61.0 cm³/mol. The first kappa shape index (κ1) is 11.0. The van der Waals surface area contributed by atoms with Gasteiger partial charge >= 0.3 is 5.97 Å². The minimum Gasteiger partial charge on any atom is -0.492 e. The molecule has 0 amide bonds. The van der Waals surface area contributed by atoms with Gasteiger partial charge in [-0.1, -0.05) is 6.07 Å². The minimum absolute atomic E-state index is 0.225. The lowest BCUT2D eigenvalue weighted by Gasteiger charge is -2.17. The van der Waals surface area contributed by atoms with Gasteiger partial charge in [0.2, 0.25) is 6.79 Å². The summed E-state index contributed by atoms with van der Waals surface area (Å²) in [4.78, 5) is 11.6. The molecule has 18 heavy (non-hydrogen) atoms. The Balaban J connectivity index is 1.88. The quantitative estimate of drug-likeness (QED) is 0.747. The van der Waals surface area contributed by atoms with Crippen LogP contribution < -0.4 is 9.47 Å². The van der Waals surface area contributed by atoms with E-state index in [2.05, 4.69) is 0 Å². The number of ether oxygens (including phenoxy) is 4. The predicted octanol–water partition coefficient (Wildman–Crippen LogP) is 1.79. The summed E-state index contributed by atoms with van der Waals surface area (Å²) in [5.74, 6) is 0.646. The van der Waals surface area contributed by atoms with Crippen LogP contribution in [0.25, 0.3) is 0 Å². The first-order valence-electron chi connectivity index (χ1n) is 5.59. The summed E-state index contributed by atoms with van der Waals surface area (Å²) in [6.07, 6.45) is 2.85. The summed E-state index contributed by atoms with van der Waals surface area (Å²) in [6, 6.07) is 5.50. The van der Waals surface area contributed by atoms with E-state index in [4.69, 9.17) is 18.9 Å². The monoisotopic (exact) mass is 248 g/mol. The van der Waals surface area contributed by atoms with Crippen molar-refractivity contribution in [2.24, 2.45) is 5.92 Å². The molecule has 0 fully saturated rings. The van der Waals surface area contributed by atoms with E-state index in [1.54, 1.807) is 6.08 Å². The third-order valence-corrected chi connectivity index (χ3v) is 3.04. The van der Waals surface area contributed by atoms with Gasteiger partial charge in [-0.2, -0.15) is 0 Å². The van der Waals surface area contributed by atoms with Crippen molar-refractivity contribution in [2.75, 3.05) is 13.9 Å². The summed E-state index contributed by atoms with van der Waals surface area (Å²) in [6.45, 7) is 0.225. The maximum absolute atomic E-state index is 11.6. The summed E-state index contributed by atoms with van der Waals surface area (Å²) in [5.41, 5.74) is 0.861. The summed E-state index contributed by atoms with van der Waals surface area (Å²) < 4.78 is 20.8. The van der Waals surface area contributed by atoms with Crippen LogP contribution in [0.15, 0.2) is 30.5 Å². The van der Waals surface area contributed by atoms with Crippen LogP contribution in [-0.4, -0.2) is 19.9 Å². The fourth-order valence-electron chi connectivity index (χ4n) is 2.11. The second-order valence-electron chi connectivity index (χ2n) is 4.05. The minimum atomic E-state index is -0.421. The number of carbonyl (C=O) groups excluding carboxylic acids is 1. The van der Waals surface area contributed by atoms with Gasteiger partial charge in [-0.3, -0.25) is 4.79 Å². The first-order chi connectivity index (χ1) is 8.79. The highest BCUT2D eigenvalue weighted by molar-refractivity contribution is 5.76. The number of hydrogen-bond donors (Lipinski definition) is 0. The van der Waals surface area contributed by atoms with E-state index in [0.717, 1.165) is 5.56 Å². The lowest BCUT2D eigenvalue weighted by atomic mass is 9.97. The van der Waals surface area contributed by atoms with Gasteiger partial charge in [0.1, 0.15) is 12.0 Å². The largest absolute Gasteiger partial charge is 0.492 e. The normalized spacial score (nSPS) is 23.8. The number of carbonyl (C=O) groups is 1. The molecule has 0 N–H and O–H groups in total. The van der Waals surface area contributed by atoms with Gasteiger partial charge in [0.25, 0.3) is 0 Å². The maximum Gasteiger partial charge on any atom is 0.316 e. The van der Waals surface area contributed by atoms with Crippen molar-refractivity contribution in [3.05, 3.63) is 36.1 Å². The highest BCUT2D eigenvalue weighted by Gasteiger charge is 2.34. The van der Waals surface area contributed by atoms with Crippen LogP contribution >= 0.6 is 0 Å². The fraction of sp³-hybridized carbons (Fsp3) is 0.308. The van der Waals surface area contributed by atoms with Crippen molar-refractivity contribution in [1.29, 1.82) is 0 Å². The van der Waals surface area contributed by atoms with Gasteiger partial charge < -0.3 is 18.9 Å². The SMILES string of the molecule is COC(=O)[C@H]1C=CO[C@H]1c1ccc2c(c1)OCO2. The third kappa shape index (κ3) is 1.68. The second kappa shape index (κ2) is 4.25. The average molecular weight is 248 g/mol. The molecule has 5 nitrogen and oxygen atoms in total. The lowest BCUT2D eigenvalue weighted by Crippen LogP contribution is -2.19. The molecule has 2 aliphatic rings. The van der Waals surface area contributed by atoms with Gasteiger partial charge in [0.05, 0.1) is 13.4 Å². The van der Waals surface area contributed by atoms with E-state index in [1.165, 1.54) is 13.4 Å². The van der Waals surface area contributed by atoms with E-state index < -0.39 is 5.92 Å². The molecule has 0 aromatic heterocycles. The van der Waals surface area contributed by atoms with Gasteiger partial charge in [-0.05, 0) is 23.8 Å². The van der Waals surface area contributed by atoms with Crippen LogP contribution in [0.5, 0.6) is 11.5 Å². The Morgan fingerprint density at radius 3 is 3.00 bits per heavy atom. The maximum atomic E-state index is 11.6. The molecule has 0 radical (unpaired) electrons. The number of esters is 1. The number of hydrogen-bond acceptors (Lipinski definition) is 5. The van der Waals surface area contributed by atoms with Crippen LogP contribution in [0.1, 0.15) is 11.7 Å². The van der Waals surface area contributed by atoms with Crippen LogP contribution in [0, 0.1) is 5.92 Å². The molecule has 3 rings (SSSR count). The summed E-state index contributed by atoms with van der Waals surface area (Å²) >= 11 is 0.